The maximum absolute atomic E-state index is 9.56. The number of aromatic hydroxyl groups is 2. The molecule has 0 aliphatic heterocycles. The quantitative estimate of drug-likeness (QED) is 0.832. The van der Waals surface area contributed by atoms with Crippen LogP contribution in [-0.2, 0) is 0 Å². The van der Waals surface area contributed by atoms with E-state index in [2.05, 4.69) is 0 Å². The third kappa shape index (κ3) is 2.19. The van der Waals surface area contributed by atoms with Crippen molar-refractivity contribution in [3.8, 4) is 11.5 Å². The predicted molar refractivity (Wildman–Crippen MR) is 88.5 cm³/mol. The number of phenolic OH excluding ortho intramolecular Hbond substituents is 2. The van der Waals surface area contributed by atoms with E-state index in [0.717, 1.165) is 0 Å². The smallest absolute Gasteiger partial charge is 0.115 e. The molecule has 2 aliphatic rings. The van der Waals surface area contributed by atoms with Gasteiger partial charge < -0.3 is 10.2 Å². The van der Waals surface area contributed by atoms with Gasteiger partial charge in [0.25, 0.3) is 0 Å². The van der Waals surface area contributed by atoms with Crippen LogP contribution in [0.25, 0.3) is 11.1 Å². The molecule has 0 amide bonds. The molecule has 4 rings (SSSR count). The Hall–Kier alpha value is -2.22. The average Bonchev–Trinajstić information content (AvgIpc) is 2.79. The highest BCUT2D eigenvalue weighted by Gasteiger charge is 2.37. The zero-order valence-electron chi connectivity index (χ0n) is 12.5. The van der Waals surface area contributed by atoms with Gasteiger partial charge in [-0.2, -0.15) is 0 Å². The summed E-state index contributed by atoms with van der Waals surface area (Å²) < 4.78 is 0. The molecule has 0 saturated heterocycles. The minimum Gasteiger partial charge on any atom is -0.508 e. The van der Waals surface area contributed by atoms with Crippen molar-refractivity contribution in [3.05, 3.63) is 59.7 Å². The summed E-state index contributed by atoms with van der Waals surface area (Å²) >= 11 is 0. The van der Waals surface area contributed by atoms with E-state index >= 15 is 0 Å². The molecule has 0 unspecified atom stereocenters. The van der Waals surface area contributed by atoms with E-state index in [9.17, 15) is 10.2 Å². The van der Waals surface area contributed by atoms with Crippen LogP contribution in [0, 0.1) is 11.8 Å². The molecular weight excluding hydrogens is 272 g/mol. The molecule has 0 radical (unpaired) electrons. The molecule has 0 spiro atoms. The number of hydrogen-bond donors (Lipinski definition) is 2. The van der Waals surface area contributed by atoms with Gasteiger partial charge in [-0.1, -0.05) is 30.7 Å². The molecule has 1 fully saturated rings. The van der Waals surface area contributed by atoms with Crippen LogP contribution in [0.5, 0.6) is 11.5 Å². The Labute approximate surface area is 130 Å². The molecule has 2 aromatic carbocycles. The highest BCUT2D eigenvalue weighted by atomic mass is 16.3. The summed E-state index contributed by atoms with van der Waals surface area (Å²) in [5, 5.41) is 19.1. The molecule has 112 valence electrons. The monoisotopic (exact) mass is 292 g/mol. The zero-order chi connectivity index (χ0) is 15.1. The fourth-order valence-corrected chi connectivity index (χ4v) is 4.22. The third-order valence-corrected chi connectivity index (χ3v) is 5.14. The molecule has 2 N–H and O–H groups in total. The lowest BCUT2D eigenvalue weighted by Gasteiger charge is -2.21. The van der Waals surface area contributed by atoms with Crippen molar-refractivity contribution in [2.45, 2.75) is 25.7 Å². The molecule has 2 bridgehead atoms. The lowest BCUT2D eigenvalue weighted by atomic mass is 9.84. The number of rotatable bonds is 2. The van der Waals surface area contributed by atoms with Crippen LogP contribution in [0.1, 0.15) is 36.8 Å². The summed E-state index contributed by atoms with van der Waals surface area (Å²) in [7, 11) is 0. The number of fused-ring (bicyclic) bond motifs is 2. The van der Waals surface area contributed by atoms with E-state index in [-0.39, 0.29) is 0 Å². The van der Waals surface area contributed by atoms with E-state index in [1.165, 1.54) is 48.0 Å². The Morgan fingerprint density at radius 1 is 0.636 bits per heavy atom. The lowest BCUT2D eigenvalue weighted by molar-refractivity contribution is 0.392. The van der Waals surface area contributed by atoms with Crippen molar-refractivity contribution in [2.75, 3.05) is 0 Å². The first-order valence-corrected chi connectivity index (χ1v) is 8.05. The normalized spacial score (nSPS) is 23.8. The van der Waals surface area contributed by atoms with Gasteiger partial charge >= 0.3 is 0 Å². The average molecular weight is 292 g/mol. The molecule has 0 heterocycles. The van der Waals surface area contributed by atoms with E-state index in [1.54, 1.807) is 24.3 Å². The lowest BCUT2D eigenvalue weighted by Crippen LogP contribution is -2.08. The van der Waals surface area contributed by atoms with E-state index in [1.807, 2.05) is 24.3 Å². The molecular formula is C20H20O2. The zero-order valence-corrected chi connectivity index (χ0v) is 12.5. The number of phenols is 2. The highest BCUT2D eigenvalue weighted by Crippen LogP contribution is 2.54. The van der Waals surface area contributed by atoms with Crippen LogP contribution in [0.15, 0.2) is 48.5 Å². The van der Waals surface area contributed by atoms with Gasteiger partial charge in [0.15, 0.2) is 0 Å². The van der Waals surface area contributed by atoms with Crippen molar-refractivity contribution in [1.29, 1.82) is 0 Å². The van der Waals surface area contributed by atoms with Gasteiger partial charge in [0, 0.05) is 0 Å². The highest BCUT2D eigenvalue weighted by molar-refractivity contribution is 5.95. The molecule has 22 heavy (non-hydrogen) atoms. The second-order valence-corrected chi connectivity index (χ2v) is 6.48. The van der Waals surface area contributed by atoms with E-state index in [0.29, 0.717) is 23.3 Å². The largest absolute Gasteiger partial charge is 0.508 e. The molecule has 2 nitrogen and oxygen atoms in total. The third-order valence-electron chi connectivity index (χ3n) is 5.14. The Kier molecular flexibility index (Phi) is 3.18. The standard InChI is InChI=1S/C20H20O2/c21-17-8-4-13(5-9-17)19-15-2-1-3-16(12-15)20(19)14-6-10-18(22)11-7-14/h4-11,15-16,21-22H,1-3,12H2/t15-,16+. The van der Waals surface area contributed by atoms with E-state index in [4.69, 9.17) is 0 Å². The van der Waals surface area contributed by atoms with Crippen LogP contribution < -0.4 is 0 Å². The van der Waals surface area contributed by atoms with Crippen molar-refractivity contribution in [1.82, 2.24) is 0 Å². The molecule has 2 heteroatoms. The van der Waals surface area contributed by atoms with Crippen LogP contribution in [-0.4, -0.2) is 10.2 Å². The summed E-state index contributed by atoms with van der Waals surface area (Å²) in [6, 6.07) is 15.2. The van der Waals surface area contributed by atoms with Crippen LogP contribution in [0.4, 0.5) is 0 Å². The van der Waals surface area contributed by atoms with Gasteiger partial charge in [-0.25, -0.2) is 0 Å². The summed E-state index contributed by atoms with van der Waals surface area (Å²) in [4.78, 5) is 0. The number of benzene rings is 2. The van der Waals surface area contributed by atoms with Crippen molar-refractivity contribution in [3.63, 3.8) is 0 Å². The first-order chi connectivity index (χ1) is 10.7. The molecule has 0 aromatic heterocycles. The minimum atomic E-state index is 0.316. The van der Waals surface area contributed by atoms with Gasteiger partial charge in [0.1, 0.15) is 11.5 Å². The fraction of sp³-hybridized carbons (Fsp3) is 0.300. The van der Waals surface area contributed by atoms with E-state index < -0.39 is 0 Å². The SMILES string of the molecule is Oc1ccc(C2=C(c3ccc(O)cc3)[C@H]3CCC[C@@H]2C3)cc1. The van der Waals surface area contributed by atoms with Crippen LogP contribution in [0.2, 0.25) is 0 Å². The van der Waals surface area contributed by atoms with Crippen LogP contribution >= 0.6 is 0 Å². The topological polar surface area (TPSA) is 40.5 Å². The maximum Gasteiger partial charge on any atom is 0.115 e. The maximum atomic E-state index is 9.56. The second-order valence-electron chi connectivity index (χ2n) is 6.48. The summed E-state index contributed by atoms with van der Waals surface area (Å²) in [6.45, 7) is 0. The van der Waals surface area contributed by atoms with Crippen molar-refractivity contribution < 1.29 is 10.2 Å². The Balaban J connectivity index is 1.87. The van der Waals surface area contributed by atoms with Crippen molar-refractivity contribution >= 4 is 11.1 Å². The van der Waals surface area contributed by atoms with Gasteiger partial charge in [0.2, 0.25) is 0 Å². The fourth-order valence-electron chi connectivity index (χ4n) is 4.22. The van der Waals surface area contributed by atoms with Gasteiger partial charge in [0.05, 0.1) is 0 Å². The minimum absolute atomic E-state index is 0.316. The van der Waals surface area contributed by atoms with Gasteiger partial charge in [-0.3, -0.25) is 0 Å². The Bertz CT molecular complexity index is 649. The molecule has 2 atom stereocenters. The predicted octanol–water partition coefficient (Wildman–Crippen LogP) is 4.83. The first-order valence-electron chi connectivity index (χ1n) is 8.05. The summed E-state index contributed by atoms with van der Waals surface area (Å²) in [6.07, 6.45) is 5.05. The molecule has 2 aliphatic carbocycles. The Morgan fingerprint density at radius 3 is 1.45 bits per heavy atom. The van der Waals surface area contributed by atoms with Gasteiger partial charge in [-0.05, 0) is 77.6 Å². The van der Waals surface area contributed by atoms with Crippen molar-refractivity contribution in [2.24, 2.45) is 11.8 Å². The number of allylic oxidation sites excluding steroid dienone is 2. The van der Waals surface area contributed by atoms with Crippen LogP contribution in [0.3, 0.4) is 0 Å². The molecule has 2 aromatic rings. The van der Waals surface area contributed by atoms with Gasteiger partial charge in [-0.15, -0.1) is 0 Å². The Morgan fingerprint density at radius 2 is 1.05 bits per heavy atom. The first kappa shape index (κ1) is 13.4. The summed E-state index contributed by atoms with van der Waals surface area (Å²) in [5.41, 5.74) is 5.37. The molecule has 1 saturated carbocycles. The number of hydrogen-bond acceptors (Lipinski definition) is 2. The summed E-state index contributed by atoms with van der Waals surface area (Å²) in [5.74, 6) is 1.90. The second kappa shape index (κ2) is 5.20.